The Hall–Kier alpha value is -0.0600. The lowest BCUT2D eigenvalue weighted by Crippen LogP contribution is -2.27. The van der Waals surface area contributed by atoms with E-state index in [0.717, 1.165) is 0 Å². The van der Waals surface area contributed by atoms with E-state index in [1.54, 1.807) is 0 Å². The Morgan fingerprint density at radius 3 is 2.73 bits per heavy atom. The molecule has 1 heterocycles. The van der Waals surface area contributed by atoms with Gasteiger partial charge in [0.05, 0.1) is 4.91 Å². The van der Waals surface area contributed by atoms with E-state index in [4.69, 9.17) is 23.8 Å². The van der Waals surface area contributed by atoms with Crippen molar-refractivity contribution in [2.45, 2.75) is 6.92 Å². The Labute approximate surface area is 79.6 Å². The molecule has 1 saturated heterocycles. The number of carbonyl (C=O) groups is 1. The molecule has 1 rings (SSSR count). The summed E-state index contributed by atoms with van der Waals surface area (Å²) in [7, 11) is 0. The van der Waals surface area contributed by atoms with Crippen LogP contribution < -0.4 is 0 Å². The van der Waals surface area contributed by atoms with Gasteiger partial charge in [0, 0.05) is 12.1 Å². The van der Waals surface area contributed by atoms with Crippen LogP contribution in [0.15, 0.2) is 10.4 Å². The standard InChI is InChI=1S/C6H6ClNOS2/c1-2-8-5(9)4(3-7)11-6(8)10/h3H,2H2,1H3/b4-3-. The number of hydrogen-bond donors (Lipinski definition) is 0. The van der Waals surface area contributed by atoms with E-state index in [1.807, 2.05) is 6.92 Å². The number of amides is 1. The molecule has 0 aliphatic carbocycles. The molecule has 60 valence electrons. The lowest BCUT2D eigenvalue weighted by molar-refractivity contribution is -0.122. The summed E-state index contributed by atoms with van der Waals surface area (Å²) in [4.78, 5) is 13.3. The molecule has 0 atom stereocenters. The zero-order valence-electron chi connectivity index (χ0n) is 5.83. The van der Waals surface area contributed by atoms with Gasteiger partial charge in [0.1, 0.15) is 4.32 Å². The monoisotopic (exact) mass is 207 g/mol. The molecule has 0 unspecified atom stereocenters. The molecular formula is C6H6ClNOS2. The summed E-state index contributed by atoms with van der Waals surface area (Å²) in [6.45, 7) is 2.49. The van der Waals surface area contributed by atoms with Crippen LogP contribution in [0.1, 0.15) is 6.92 Å². The van der Waals surface area contributed by atoms with Gasteiger partial charge < -0.3 is 0 Å². The number of carbonyl (C=O) groups excluding carboxylic acids is 1. The second-order valence-electron chi connectivity index (χ2n) is 1.89. The van der Waals surface area contributed by atoms with E-state index in [0.29, 0.717) is 15.8 Å². The molecule has 0 aromatic rings. The highest BCUT2D eigenvalue weighted by Gasteiger charge is 2.30. The first-order valence-electron chi connectivity index (χ1n) is 3.04. The SMILES string of the molecule is CCN1C(=O)/C(=C/Cl)SC1=S. The second kappa shape index (κ2) is 3.56. The number of likely N-dealkylation sites (N-methyl/N-ethyl adjacent to an activating group) is 1. The fraction of sp³-hybridized carbons (Fsp3) is 0.333. The lowest BCUT2D eigenvalue weighted by atomic mass is 10.5. The maximum absolute atomic E-state index is 11.2. The van der Waals surface area contributed by atoms with Crippen molar-refractivity contribution in [3.05, 3.63) is 10.4 Å². The van der Waals surface area contributed by atoms with Gasteiger partial charge >= 0.3 is 0 Å². The predicted molar refractivity (Wildman–Crippen MR) is 51.5 cm³/mol. The van der Waals surface area contributed by atoms with Gasteiger partial charge in [-0.25, -0.2) is 0 Å². The van der Waals surface area contributed by atoms with Crippen LogP contribution >= 0.6 is 35.6 Å². The second-order valence-corrected chi connectivity index (χ2v) is 3.78. The molecule has 0 bridgehead atoms. The number of thioether (sulfide) groups is 1. The van der Waals surface area contributed by atoms with Crippen LogP contribution in [0.2, 0.25) is 0 Å². The summed E-state index contributed by atoms with van der Waals surface area (Å²) in [5.74, 6) is -0.0856. The van der Waals surface area contributed by atoms with Crippen molar-refractivity contribution < 1.29 is 4.79 Å². The topological polar surface area (TPSA) is 20.3 Å². The summed E-state index contributed by atoms with van der Waals surface area (Å²) in [6.07, 6.45) is 0. The molecule has 1 aliphatic rings. The van der Waals surface area contributed by atoms with Crippen LogP contribution in [0.25, 0.3) is 0 Å². The van der Waals surface area contributed by atoms with Crippen LogP contribution in [0.3, 0.4) is 0 Å². The Bertz CT molecular complexity index is 239. The van der Waals surface area contributed by atoms with E-state index in [2.05, 4.69) is 0 Å². The van der Waals surface area contributed by atoms with Crippen molar-refractivity contribution in [1.82, 2.24) is 4.90 Å². The Kier molecular flexibility index (Phi) is 2.92. The maximum atomic E-state index is 11.2. The van der Waals surface area contributed by atoms with E-state index < -0.39 is 0 Å². The van der Waals surface area contributed by atoms with Crippen LogP contribution in [0, 0.1) is 0 Å². The molecule has 0 aromatic carbocycles. The van der Waals surface area contributed by atoms with Crippen molar-refractivity contribution in [3.63, 3.8) is 0 Å². The highest BCUT2D eigenvalue weighted by Crippen LogP contribution is 2.30. The largest absolute Gasteiger partial charge is 0.293 e. The van der Waals surface area contributed by atoms with Gasteiger partial charge in [-0.05, 0) is 6.92 Å². The van der Waals surface area contributed by atoms with Crippen molar-refractivity contribution in [2.75, 3.05) is 6.54 Å². The van der Waals surface area contributed by atoms with Crippen molar-refractivity contribution >= 4 is 45.8 Å². The first-order valence-corrected chi connectivity index (χ1v) is 4.71. The normalized spacial score (nSPS) is 22.0. The smallest absolute Gasteiger partial charge is 0.267 e. The fourth-order valence-corrected chi connectivity index (χ4v) is 2.21. The van der Waals surface area contributed by atoms with Gasteiger partial charge in [-0.2, -0.15) is 0 Å². The van der Waals surface area contributed by atoms with E-state index >= 15 is 0 Å². The van der Waals surface area contributed by atoms with Crippen LogP contribution in [-0.2, 0) is 4.79 Å². The predicted octanol–water partition coefficient (Wildman–Crippen LogP) is 1.95. The van der Waals surface area contributed by atoms with Gasteiger partial charge in [0.25, 0.3) is 5.91 Å². The molecule has 1 amide bonds. The minimum absolute atomic E-state index is 0.0856. The summed E-state index contributed by atoms with van der Waals surface area (Å²) in [5.41, 5.74) is 1.27. The number of rotatable bonds is 1. The molecule has 2 nitrogen and oxygen atoms in total. The first kappa shape index (κ1) is 9.03. The van der Waals surface area contributed by atoms with Crippen molar-refractivity contribution in [2.24, 2.45) is 0 Å². The zero-order chi connectivity index (χ0) is 8.43. The van der Waals surface area contributed by atoms with E-state index in [-0.39, 0.29) is 5.91 Å². The molecular weight excluding hydrogens is 202 g/mol. The quantitative estimate of drug-likeness (QED) is 0.484. The maximum Gasteiger partial charge on any atom is 0.267 e. The average Bonchev–Trinajstić information content (AvgIpc) is 2.26. The van der Waals surface area contributed by atoms with Gasteiger partial charge in [-0.1, -0.05) is 35.6 Å². The molecule has 0 radical (unpaired) electrons. The number of halogens is 1. The van der Waals surface area contributed by atoms with Gasteiger partial charge in [-0.3, -0.25) is 9.69 Å². The van der Waals surface area contributed by atoms with E-state index in [9.17, 15) is 4.79 Å². The molecule has 0 spiro atoms. The molecule has 11 heavy (non-hydrogen) atoms. The highest BCUT2D eigenvalue weighted by molar-refractivity contribution is 8.26. The third kappa shape index (κ3) is 1.58. The van der Waals surface area contributed by atoms with Crippen LogP contribution in [0.5, 0.6) is 0 Å². The summed E-state index contributed by atoms with van der Waals surface area (Å²) in [6, 6.07) is 0. The third-order valence-electron chi connectivity index (χ3n) is 1.29. The average molecular weight is 208 g/mol. The van der Waals surface area contributed by atoms with Gasteiger partial charge in [0.2, 0.25) is 0 Å². The van der Waals surface area contributed by atoms with Crippen molar-refractivity contribution in [1.29, 1.82) is 0 Å². The summed E-state index contributed by atoms with van der Waals surface area (Å²) < 4.78 is 0.587. The fourth-order valence-electron chi connectivity index (χ4n) is 0.750. The number of hydrogen-bond acceptors (Lipinski definition) is 3. The minimum atomic E-state index is -0.0856. The van der Waals surface area contributed by atoms with Gasteiger partial charge in [-0.15, -0.1) is 0 Å². The molecule has 0 N–H and O–H groups in total. The number of nitrogens with zero attached hydrogens (tertiary/aromatic N) is 1. The van der Waals surface area contributed by atoms with Crippen molar-refractivity contribution in [3.8, 4) is 0 Å². The highest BCUT2D eigenvalue weighted by atomic mass is 35.5. The molecule has 1 aliphatic heterocycles. The Morgan fingerprint density at radius 2 is 2.45 bits per heavy atom. The Balaban J connectivity index is 2.88. The number of thiocarbonyl (C=S) groups is 1. The third-order valence-corrected chi connectivity index (χ3v) is 3.01. The molecule has 0 saturated carbocycles. The molecule has 0 aromatic heterocycles. The minimum Gasteiger partial charge on any atom is -0.293 e. The molecule has 1 fully saturated rings. The summed E-state index contributed by atoms with van der Waals surface area (Å²) in [5, 5.41) is 0. The van der Waals surface area contributed by atoms with Crippen LogP contribution in [0.4, 0.5) is 0 Å². The Morgan fingerprint density at radius 1 is 1.82 bits per heavy atom. The molecule has 5 heteroatoms. The summed E-state index contributed by atoms with van der Waals surface area (Å²) >= 11 is 11.6. The van der Waals surface area contributed by atoms with Gasteiger partial charge in [0.15, 0.2) is 0 Å². The first-order chi connectivity index (χ1) is 5.20. The van der Waals surface area contributed by atoms with E-state index in [1.165, 1.54) is 22.2 Å². The lowest BCUT2D eigenvalue weighted by Gasteiger charge is -2.09. The van der Waals surface area contributed by atoms with Crippen LogP contribution in [-0.4, -0.2) is 21.7 Å². The zero-order valence-corrected chi connectivity index (χ0v) is 8.22.